The minimum Gasteiger partial charge on any atom is -0.494 e. The highest BCUT2D eigenvalue weighted by Gasteiger charge is 2.32. The van der Waals surface area contributed by atoms with E-state index >= 15 is 0 Å². The van der Waals surface area contributed by atoms with Crippen molar-refractivity contribution in [1.82, 2.24) is 10.2 Å². The van der Waals surface area contributed by atoms with E-state index in [4.69, 9.17) is 9.84 Å². The number of carbonyl (C=O) groups is 3. The molecule has 2 amide bonds. The fourth-order valence-corrected chi connectivity index (χ4v) is 4.56. The second-order valence-corrected chi connectivity index (χ2v) is 9.10. The quantitative estimate of drug-likeness (QED) is 0.548. The third kappa shape index (κ3) is 6.17. The third-order valence-electron chi connectivity index (χ3n) is 6.60. The standard InChI is InChI=1S/C26H29F2N3O5/c27-19-2-1-18(22(28)13-19)15-31-23-4-3-20(36-12-8-17-5-9-29-10-6-17)14-21(23)26(35)30(16-24(31)32)11-7-25(33)34/h1-4,13-14,17,29H,5-12,15-16H2,(H,33,34). The number of rotatable bonds is 9. The van der Waals surface area contributed by atoms with Gasteiger partial charge in [0.15, 0.2) is 0 Å². The Bertz CT molecular complexity index is 1140. The largest absolute Gasteiger partial charge is 0.494 e. The number of fused-ring (bicyclic) bond motifs is 1. The van der Waals surface area contributed by atoms with Gasteiger partial charge >= 0.3 is 5.97 Å². The van der Waals surface area contributed by atoms with E-state index < -0.39 is 29.4 Å². The molecular weight excluding hydrogens is 472 g/mol. The van der Waals surface area contributed by atoms with Crippen molar-refractivity contribution in [3.8, 4) is 5.75 Å². The highest BCUT2D eigenvalue weighted by atomic mass is 19.1. The van der Waals surface area contributed by atoms with E-state index in [0.717, 1.165) is 44.5 Å². The number of amides is 2. The van der Waals surface area contributed by atoms with Crippen molar-refractivity contribution < 1.29 is 33.0 Å². The van der Waals surface area contributed by atoms with Crippen LogP contribution in [0.4, 0.5) is 14.5 Å². The molecule has 36 heavy (non-hydrogen) atoms. The van der Waals surface area contributed by atoms with Gasteiger partial charge in [-0.05, 0) is 62.5 Å². The average molecular weight is 502 g/mol. The highest BCUT2D eigenvalue weighted by molar-refractivity contribution is 6.09. The molecule has 1 fully saturated rings. The predicted molar refractivity (Wildman–Crippen MR) is 128 cm³/mol. The molecule has 10 heteroatoms. The molecule has 2 aliphatic heterocycles. The van der Waals surface area contributed by atoms with E-state index in [1.165, 1.54) is 15.9 Å². The van der Waals surface area contributed by atoms with E-state index in [2.05, 4.69) is 5.32 Å². The van der Waals surface area contributed by atoms with Gasteiger partial charge in [0.2, 0.25) is 5.91 Å². The van der Waals surface area contributed by atoms with Crippen LogP contribution in [0.15, 0.2) is 36.4 Å². The van der Waals surface area contributed by atoms with E-state index in [1.807, 2.05) is 0 Å². The molecule has 0 bridgehead atoms. The van der Waals surface area contributed by atoms with Gasteiger partial charge in [-0.3, -0.25) is 14.4 Å². The Hall–Kier alpha value is -3.53. The Balaban J connectivity index is 1.59. The maximum atomic E-state index is 14.4. The molecular formula is C26H29F2N3O5. The van der Waals surface area contributed by atoms with Gasteiger partial charge in [0.05, 0.1) is 30.8 Å². The van der Waals surface area contributed by atoms with Gasteiger partial charge in [-0.25, -0.2) is 8.78 Å². The number of nitrogens with zero attached hydrogens (tertiary/aromatic N) is 2. The van der Waals surface area contributed by atoms with E-state index in [-0.39, 0.29) is 42.9 Å². The van der Waals surface area contributed by atoms with Crippen molar-refractivity contribution in [1.29, 1.82) is 0 Å². The first-order valence-corrected chi connectivity index (χ1v) is 12.0. The first kappa shape index (κ1) is 25.6. The summed E-state index contributed by atoms with van der Waals surface area (Å²) >= 11 is 0. The molecule has 2 N–H and O–H groups in total. The van der Waals surface area contributed by atoms with Crippen LogP contribution in [0.5, 0.6) is 5.75 Å². The Labute approximate surface area is 207 Å². The van der Waals surface area contributed by atoms with Crippen molar-refractivity contribution in [3.05, 3.63) is 59.2 Å². The molecule has 192 valence electrons. The lowest BCUT2D eigenvalue weighted by atomic mass is 9.95. The van der Waals surface area contributed by atoms with Gasteiger partial charge in [-0.15, -0.1) is 0 Å². The number of hydrogen-bond donors (Lipinski definition) is 2. The predicted octanol–water partition coefficient (Wildman–Crippen LogP) is 3.20. The number of aliphatic carboxylic acids is 1. The van der Waals surface area contributed by atoms with E-state index in [0.29, 0.717) is 18.3 Å². The summed E-state index contributed by atoms with van der Waals surface area (Å²) in [6, 6.07) is 7.87. The number of benzene rings is 2. The summed E-state index contributed by atoms with van der Waals surface area (Å²) in [5.41, 5.74) is 0.509. The number of carbonyl (C=O) groups excluding carboxylic acids is 2. The van der Waals surface area contributed by atoms with Crippen LogP contribution in [-0.2, 0) is 16.1 Å². The van der Waals surface area contributed by atoms with Crippen LogP contribution in [0.1, 0.15) is 41.6 Å². The highest BCUT2D eigenvalue weighted by Crippen LogP contribution is 2.31. The molecule has 8 nitrogen and oxygen atoms in total. The maximum Gasteiger partial charge on any atom is 0.305 e. The molecule has 0 unspecified atom stereocenters. The molecule has 0 atom stereocenters. The maximum absolute atomic E-state index is 14.4. The lowest BCUT2D eigenvalue weighted by Gasteiger charge is -2.24. The second-order valence-electron chi connectivity index (χ2n) is 9.10. The number of hydrogen-bond acceptors (Lipinski definition) is 5. The molecule has 0 aromatic heterocycles. The number of nitrogens with one attached hydrogen (secondary N) is 1. The Kier molecular flexibility index (Phi) is 8.14. The molecule has 2 aromatic carbocycles. The van der Waals surface area contributed by atoms with Gasteiger partial charge in [-0.1, -0.05) is 6.07 Å². The summed E-state index contributed by atoms with van der Waals surface area (Å²) in [7, 11) is 0. The van der Waals surface area contributed by atoms with Gasteiger partial charge in [0.1, 0.15) is 23.9 Å². The smallest absolute Gasteiger partial charge is 0.305 e. The van der Waals surface area contributed by atoms with Crippen molar-refractivity contribution in [2.75, 3.05) is 37.7 Å². The Morgan fingerprint density at radius 2 is 1.89 bits per heavy atom. The summed E-state index contributed by atoms with van der Waals surface area (Å²) in [5, 5.41) is 12.4. The van der Waals surface area contributed by atoms with E-state index in [1.54, 1.807) is 18.2 Å². The molecule has 1 saturated heterocycles. The molecule has 4 rings (SSSR count). The van der Waals surface area contributed by atoms with Gasteiger partial charge in [0.25, 0.3) is 5.91 Å². The monoisotopic (exact) mass is 501 g/mol. The van der Waals surface area contributed by atoms with Crippen LogP contribution in [0, 0.1) is 17.6 Å². The second kappa shape index (κ2) is 11.5. The fraction of sp³-hybridized carbons (Fsp3) is 0.423. The zero-order chi connectivity index (χ0) is 25.7. The molecule has 2 aromatic rings. The van der Waals surface area contributed by atoms with Crippen LogP contribution in [0.25, 0.3) is 0 Å². The number of carboxylic acid groups (broad SMARTS) is 1. The number of anilines is 1. The fourth-order valence-electron chi connectivity index (χ4n) is 4.56. The Morgan fingerprint density at radius 1 is 1.11 bits per heavy atom. The SMILES string of the molecule is O=C(O)CCN1CC(=O)N(Cc2ccc(F)cc2F)c2ccc(OCCC3CCNCC3)cc2C1=O. The average Bonchev–Trinajstić information content (AvgIpc) is 2.95. The lowest BCUT2D eigenvalue weighted by Crippen LogP contribution is -2.40. The van der Waals surface area contributed by atoms with Crippen molar-refractivity contribution in [3.63, 3.8) is 0 Å². The molecule has 0 aliphatic carbocycles. The summed E-state index contributed by atoms with van der Waals surface area (Å²) in [6.45, 7) is 1.72. The number of carboxylic acids is 1. The topological polar surface area (TPSA) is 99.2 Å². The summed E-state index contributed by atoms with van der Waals surface area (Å²) < 4.78 is 33.7. The summed E-state index contributed by atoms with van der Waals surface area (Å²) in [5.74, 6) is -2.63. The van der Waals surface area contributed by atoms with Gasteiger partial charge in [0, 0.05) is 18.2 Å². The Morgan fingerprint density at radius 3 is 2.61 bits per heavy atom. The van der Waals surface area contributed by atoms with Crippen LogP contribution in [0.3, 0.4) is 0 Å². The molecule has 2 heterocycles. The number of piperidine rings is 1. The summed E-state index contributed by atoms with van der Waals surface area (Å²) in [6.07, 6.45) is 2.72. The van der Waals surface area contributed by atoms with Gasteiger partial charge in [-0.2, -0.15) is 0 Å². The minimum absolute atomic E-state index is 0.0874. The van der Waals surface area contributed by atoms with Crippen LogP contribution >= 0.6 is 0 Å². The molecule has 0 radical (unpaired) electrons. The zero-order valence-electron chi connectivity index (χ0n) is 19.8. The third-order valence-corrected chi connectivity index (χ3v) is 6.60. The summed E-state index contributed by atoms with van der Waals surface area (Å²) in [4.78, 5) is 40.0. The first-order valence-electron chi connectivity index (χ1n) is 12.0. The van der Waals surface area contributed by atoms with Crippen LogP contribution < -0.4 is 15.0 Å². The molecule has 0 saturated carbocycles. The minimum atomic E-state index is -1.10. The number of halogens is 2. The van der Waals surface area contributed by atoms with Crippen LogP contribution in [0.2, 0.25) is 0 Å². The van der Waals surface area contributed by atoms with Crippen molar-refractivity contribution in [2.24, 2.45) is 5.92 Å². The first-order chi connectivity index (χ1) is 17.3. The van der Waals surface area contributed by atoms with Crippen molar-refractivity contribution in [2.45, 2.75) is 32.2 Å². The molecule has 2 aliphatic rings. The lowest BCUT2D eigenvalue weighted by molar-refractivity contribution is -0.137. The zero-order valence-corrected chi connectivity index (χ0v) is 19.8. The van der Waals surface area contributed by atoms with E-state index in [9.17, 15) is 23.2 Å². The van der Waals surface area contributed by atoms with Crippen LogP contribution in [-0.4, -0.2) is 60.6 Å². The normalized spacial score (nSPS) is 16.6. The number of ether oxygens (including phenoxy) is 1. The van der Waals surface area contributed by atoms with Crippen molar-refractivity contribution >= 4 is 23.5 Å². The molecule has 0 spiro atoms. The van der Waals surface area contributed by atoms with Gasteiger partial charge < -0.3 is 25.0 Å².